The second-order valence-electron chi connectivity index (χ2n) is 4.34. The second kappa shape index (κ2) is 5.50. The molecule has 100 valence electrons. The molecule has 0 aliphatic carbocycles. The lowest BCUT2D eigenvalue weighted by molar-refractivity contribution is 0.290. The summed E-state index contributed by atoms with van der Waals surface area (Å²) in [7, 11) is -3.63. The minimum Gasteiger partial charge on any atom is -0.260 e. The Kier molecular flexibility index (Phi) is 4.19. The first-order valence-corrected chi connectivity index (χ1v) is 7.68. The highest BCUT2D eigenvalue weighted by atomic mass is 35.5. The molecule has 0 bridgehead atoms. The molecule has 1 fully saturated rings. The number of nitrogens with zero attached hydrogens (tertiary/aromatic N) is 2. The Morgan fingerprint density at radius 3 is 2.61 bits per heavy atom. The van der Waals surface area contributed by atoms with E-state index in [9.17, 15) is 12.8 Å². The van der Waals surface area contributed by atoms with Crippen LogP contribution in [0.3, 0.4) is 0 Å². The summed E-state index contributed by atoms with van der Waals surface area (Å²) in [6, 6.07) is 0.996. The van der Waals surface area contributed by atoms with Gasteiger partial charge in [0.25, 0.3) is 0 Å². The van der Waals surface area contributed by atoms with Crippen LogP contribution in [0.1, 0.15) is 12.8 Å². The van der Waals surface area contributed by atoms with Gasteiger partial charge in [0.15, 0.2) is 0 Å². The van der Waals surface area contributed by atoms with E-state index >= 15 is 0 Å². The van der Waals surface area contributed by atoms with Crippen LogP contribution < -0.4 is 0 Å². The molecule has 0 radical (unpaired) electrons. The van der Waals surface area contributed by atoms with E-state index in [1.807, 2.05) is 0 Å². The lowest BCUT2D eigenvalue weighted by Crippen LogP contribution is -2.38. The van der Waals surface area contributed by atoms with E-state index in [2.05, 4.69) is 4.98 Å². The summed E-state index contributed by atoms with van der Waals surface area (Å²) in [5.74, 6) is 0.269. The molecule has 1 aliphatic heterocycles. The van der Waals surface area contributed by atoms with E-state index in [0.29, 0.717) is 24.9 Å². The SMILES string of the molecule is O=S(=O)(c1cncc(F)c1)N1CCC(CCl)CC1. The topological polar surface area (TPSA) is 50.3 Å². The van der Waals surface area contributed by atoms with Crippen molar-refractivity contribution in [3.05, 3.63) is 24.3 Å². The lowest BCUT2D eigenvalue weighted by atomic mass is 10.0. The molecule has 1 saturated heterocycles. The Morgan fingerprint density at radius 1 is 1.39 bits per heavy atom. The molecule has 0 aromatic carbocycles. The summed E-state index contributed by atoms with van der Waals surface area (Å²) < 4.78 is 38.8. The van der Waals surface area contributed by atoms with Crippen LogP contribution in [-0.4, -0.2) is 36.7 Å². The summed E-state index contributed by atoms with van der Waals surface area (Å²) in [4.78, 5) is 3.48. The number of pyridine rings is 1. The van der Waals surface area contributed by atoms with E-state index in [1.165, 1.54) is 10.5 Å². The molecule has 1 aliphatic rings. The fourth-order valence-corrected chi connectivity index (χ4v) is 3.74. The Balaban J connectivity index is 2.17. The van der Waals surface area contributed by atoms with Gasteiger partial charge in [0.2, 0.25) is 10.0 Å². The fraction of sp³-hybridized carbons (Fsp3) is 0.545. The molecule has 1 aromatic rings. The van der Waals surface area contributed by atoms with Crippen molar-refractivity contribution in [2.45, 2.75) is 17.7 Å². The molecule has 0 saturated carbocycles. The summed E-state index contributed by atoms with van der Waals surface area (Å²) in [6.45, 7) is 0.854. The lowest BCUT2D eigenvalue weighted by Gasteiger charge is -2.30. The molecule has 1 aromatic heterocycles. The van der Waals surface area contributed by atoms with Gasteiger partial charge in [0, 0.05) is 25.2 Å². The van der Waals surface area contributed by atoms with E-state index in [-0.39, 0.29) is 4.90 Å². The van der Waals surface area contributed by atoms with Crippen LogP contribution in [-0.2, 0) is 10.0 Å². The van der Waals surface area contributed by atoms with E-state index in [0.717, 1.165) is 25.1 Å². The van der Waals surface area contributed by atoms with E-state index < -0.39 is 15.8 Å². The van der Waals surface area contributed by atoms with Crippen molar-refractivity contribution in [1.29, 1.82) is 0 Å². The second-order valence-corrected chi connectivity index (χ2v) is 6.59. The van der Waals surface area contributed by atoms with Crippen molar-refractivity contribution < 1.29 is 12.8 Å². The molecule has 2 rings (SSSR count). The standard InChI is InChI=1S/C11H14ClFN2O2S/c12-6-9-1-3-15(4-2-9)18(16,17)11-5-10(13)7-14-8-11/h5,7-9H,1-4,6H2. The summed E-state index contributed by atoms with van der Waals surface area (Å²) >= 11 is 5.75. The molecule has 0 spiro atoms. The smallest absolute Gasteiger partial charge is 0.244 e. The Morgan fingerprint density at radius 2 is 2.06 bits per heavy atom. The first-order chi connectivity index (χ1) is 8.54. The van der Waals surface area contributed by atoms with Crippen LogP contribution in [0.2, 0.25) is 0 Å². The average Bonchev–Trinajstić information content (AvgIpc) is 2.39. The predicted octanol–water partition coefficient (Wildman–Crippen LogP) is 1.86. The summed E-state index contributed by atoms with van der Waals surface area (Å²) in [5.41, 5.74) is 0. The molecule has 0 atom stereocenters. The van der Waals surface area contributed by atoms with Gasteiger partial charge in [0.1, 0.15) is 10.7 Å². The molecular weight excluding hydrogens is 279 g/mol. The monoisotopic (exact) mass is 292 g/mol. The number of aromatic nitrogens is 1. The van der Waals surface area contributed by atoms with Gasteiger partial charge in [-0.2, -0.15) is 4.31 Å². The van der Waals surface area contributed by atoms with Gasteiger partial charge in [-0.15, -0.1) is 11.6 Å². The summed E-state index contributed by atoms with van der Waals surface area (Å²) in [6.07, 6.45) is 3.64. The van der Waals surface area contributed by atoms with Gasteiger partial charge >= 0.3 is 0 Å². The summed E-state index contributed by atoms with van der Waals surface area (Å²) in [5, 5.41) is 0. The van der Waals surface area contributed by atoms with E-state index in [4.69, 9.17) is 11.6 Å². The average molecular weight is 293 g/mol. The quantitative estimate of drug-likeness (QED) is 0.799. The number of hydrogen-bond donors (Lipinski definition) is 0. The minimum absolute atomic E-state index is 0.0909. The van der Waals surface area contributed by atoms with Gasteiger partial charge in [-0.3, -0.25) is 4.98 Å². The molecule has 18 heavy (non-hydrogen) atoms. The highest BCUT2D eigenvalue weighted by molar-refractivity contribution is 7.89. The zero-order valence-electron chi connectivity index (χ0n) is 9.72. The van der Waals surface area contributed by atoms with Gasteiger partial charge < -0.3 is 0 Å². The molecule has 4 nitrogen and oxygen atoms in total. The molecule has 7 heteroatoms. The van der Waals surface area contributed by atoms with Crippen LogP contribution in [0, 0.1) is 11.7 Å². The van der Waals surface area contributed by atoms with Gasteiger partial charge in [-0.1, -0.05) is 0 Å². The third kappa shape index (κ3) is 2.81. The number of halogens is 2. The Hall–Kier alpha value is -0.720. The van der Waals surface area contributed by atoms with Crippen molar-refractivity contribution >= 4 is 21.6 Å². The first-order valence-electron chi connectivity index (χ1n) is 5.70. The number of sulfonamides is 1. The number of alkyl halides is 1. The van der Waals surface area contributed by atoms with Crippen LogP contribution in [0.4, 0.5) is 4.39 Å². The molecule has 0 N–H and O–H groups in total. The minimum atomic E-state index is -3.63. The van der Waals surface area contributed by atoms with Crippen LogP contribution in [0.15, 0.2) is 23.4 Å². The number of piperidine rings is 1. The van der Waals surface area contributed by atoms with Crippen LogP contribution in [0.25, 0.3) is 0 Å². The van der Waals surface area contributed by atoms with Gasteiger partial charge in [-0.05, 0) is 24.8 Å². The maximum absolute atomic E-state index is 13.0. The normalized spacial score (nSPS) is 19.0. The third-order valence-electron chi connectivity index (χ3n) is 3.11. The molecule has 0 amide bonds. The van der Waals surface area contributed by atoms with Crippen molar-refractivity contribution in [1.82, 2.24) is 9.29 Å². The van der Waals surface area contributed by atoms with Gasteiger partial charge in [-0.25, -0.2) is 12.8 Å². The number of hydrogen-bond acceptors (Lipinski definition) is 3. The zero-order valence-corrected chi connectivity index (χ0v) is 11.3. The molecule has 2 heterocycles. The predicted molar refractivity (Wildman–Crippen MR) is 66.4 cm³/mol. The molecular formula is C11H14ClFN2O2S. The number of rotatable bonds is 3. The maximum Gasteiger partial charge on any atom is 0.244 e. The van der Waals surface area contributed by atoms with Crippen molar-refractivity contribution in [2.75, 3.05) is 19.0 Å². The van der Waals surface area contributed by atoms with Crippen molar-refractivity contribution in [3.63, 3.8) is 0 Å². The fourth-order valence-electron chi connectivity index (χ4n) is 1.99. The highest BCUT2D eigenvalue weighted by Gasteiger charge is 2.29. The van der Waals surface area contributed by atoms with Crippen molar-refractivity contribution in [3.8, 4) is 0 Å². The van der Waals surface area contributed by atoms with Crippen molar-refractivity contribution in [2.24, 2.45) is 5.92 Å². The molecule has 0 unspecified atom stereocenters. The maximum atomic E-state index is 13.0. The van der Waals surface area contributed by atoms with Crippen LogP contribution in [0.5, 0.6) is 0 Å². The zero-order chi connectivity index (χ0) is 13.2. The van der Waals surface area contributed by atoms with Gasteiger partial charge in [0.05, 0.1) is 6.20 Å². The van der Waals surface area contributed by atoms with Crippen LogP contribution >= 0.6 is 11.6 Å². The third-order valence-corrected chi connectivity index (χ3v) is 5.41. The Bertz CT molecular complexity index is 516. The highest BCUT2D eigenvalue weighted by Crippen LogP contribution is 2.24. The van der Waals surface area contributed by atoms with E-state index in [1.54, 1.807) is 0 Å². The Labute approximate surface area is 111 Å². The first kappa shape index (κ1) is 13.7. The largest absolute Gasteiger partial charge is 0.260 e.